The fourth-order valence-corrected chi connectivity index (χ4v) is 2.88. The van der Waals surface area contributed by atoms with Crippen molar-refractivity contribution in [1.82, 2.24) is 10.2 Å². The van der Waals surface area contributed by atoms with E-state index < -0.39 is 0 Å². The van der Waals surface area contributed by atoms with Gasteiger partial charge in [-0.2, -0.15) is 0 Å². The smallest absolute Gasteiger partial charge is 0.222 e. The summed E-state index contributed by atoms with van der Waals surface area (Å²) in [4.78, 5) is 25.0. The highest BCUT2D eigenvalue weighted by Crippen LogP contribution is 2.31. The van der Waals surface area contributed by atoms with Crippen molar-refractivity contribution in [3.8, 4) is 5.75 Å². The summed E-state index contributed by atoms with van der Waals surface area (Å²) in [5.41, 5.74) is 0. The molecule has 0 atom stereocenters. The number of ether oxygens (including phenoxy) is 1. The van der Waals surface area contributed by atoms with Crippen molar-refractivity contribution >= 4 is 35.0 Å². The number of nitrogens with one attached hydrogen (secondary N) is 1. The maximum absolute atomic E-state index is 11.7. The van der Waals surface area contributed by atoms with Gasteiger partial charge in [0.25, 0.3) is 0 Å². The molecule has 1 aliphatic rings. The Hall–Kier alpha value is -1.46. The SMILES string of the molecule is O=C(CCCOc1cccc(Cl)c1Cl)NCCCN1CCCC1=O. The molecule has 24 heavy (non-hydrogen) atoms. The summed E-state index contributed by atoms with van der Waals surface area (Å²) < 4.78 is 5.53. The van der Waals surface area contributed by atoms with Gasteiger partial charge in [0.1, 0.15) is 10.8 Å². The molecule has 1 aromatic rings. The standard InChI is InChI=1S/C17H22Cl2N2O3/c18-13-5-1-6-14(17(13)19)24-12-3-7-15(22)20-9-4-11-21-10-2-8-16(21)23/h1,5-6H,2-4,7-12H2,(H,20,22). The third-order valence-corrected chi connectivity index (χ3v) is 4.62. The lowest BCUT2D eigenvalue weighted by atomic mass is 10.3. The minimum absolute atomic E-state index is 0.0106. The second-order valence-corrected chi connectivity index (χ2v) is 6.48. The predicted octanol–water partition coefficient (Wildman–Crippen LogP) is 3.28. The molecule has 7 heteroatoms. The molecule has 2 amide bonds. The Bertz CT molecular complexity index is 581. The van der Waals surface area contributed by atoms with E-state index in [4.69, 9.17) is 27.9 Å². The van der Waals surface area contributed by atoms with Crippen LogP contribution in [0.4, 0.5) is 0 Å². The molecule has 0 unspecified atom stereocenters. The molecule has 1 saturated heterocycles. The topological polar surface area (TPSA) is 58.6 Å². The van der Waals surface area contributed by atoms with Gasteiger partial charge < -0.3 is 15.0 Å². The van der Waals surface area contributed by atoms with Crippen LogP contribution < -0.4 is 10.1 Å². The molecule has 0 saturated carbocycles. The first-order valence-electron chi connectivity index (χ1n) is 8.19. The molecule has 0 bridgehead atoms. The van der Waals surface area contributed by atoms with Crippen LogP contribution >= 0.6 is 23.2 Å². The predicted molar refractivity (Wildman–Crippen MR) is 94.6 cm³/mol. The van der Waals surface area contributed by atoms with Crippen LogP contribution in [0.3, 0.4) is 0 Å². The highest BCUT2D eigenvalue weighted by Gasteiger charge is 2.18. The molecule has 1 aliphatic heterocycles. The van der Waals surface area contributed by atoms with Gasteiger partial charge in [-0.3, -0.25) is 9.59 Å². The lowest BCUT2D eigenvalue weighted by molar-refractivity contribution is -0.127. The van der Waals surface area contributed by atoms with Crippen LogP contribution in [0, 0.1) is 0 Å². The maximum atomic E-state index is 11.7. The van der Waals surface area contributed by atoms with Crippen LogP contribution in [0.25, 0.3) is 0 Å². The quantitative estimate of drug-likeness (QED) is 0.676. The van der Waals surface area contributed by atoms with E-state index in [1.54, 1.807) is 18.2 Å². The molecule has 2 rings (SSSR count). The zero-order valence-corrected chi connectivity index (χ0v) is 15.0. The summed E-state index contributed by atoms with van der Waals surface area (Å²) in [5, 5.41) is 3.70. The van der Waals surface area contributed by atoms with Gasteiger partial charge in [-0.15, -0.1) is 0 Å². The Morgan fingerprint density at radius 2 is 2.12 bits per heavy atom. The van der Waals surface area contributed by atoms with Crippen LogP contribution in [0.5, 0.6) is 5.75 Å². The summed E-state index contributed by atoms with van der Waals surface area (Å²) in [5.74, 6) is 0.738. The largest absolute Gasteiger partial charge is 0.492 e. The number of halogens is 2. The number of nitrogens with zero attached hydrogens (tertiary/aromatic N) is 1. The molecular formula is C17H22Cl2N2O3. The van der Waals surface area contributed by atoms with E-state index in [1.165, 1.54) is 0 Å². The first-order valence-corrected chi connectivity index (χ1v) is 8.95. The fraction of sp³-hybridized carbons (Fsp3) is 0.529. The number of carbonyl (C=O) groups is 2. The molecule has 0 radical (unpaired) electrons. The summed E-state index contributed by atoms with van der Waals surface area (Å²) >= 11 is 11.9. The molecule has 132 valence electrons. The zero-order chi connectivity index (χ0) is 17.4. The van der Waals surface area contributed by atoms with E-state index in [9.17, 15) is 9.59 Å². The van der Waals surface area contributed by atoms with Crippen molar-refractivity contribution in [3.05, 3.63) is 28.2 Å². The summed E-state index contributed by atoms with van der Waals surface area (Å²) in [6, 6.07) is 5.20. The van der Waals surface area contributed by atoms with Crippen LogP contribution in [0.2, 0.25) is 10.0 Å². The van der Waals surface area contributed by atoms with Crippen molar-refractivity contribution in [3.63, 3.8) is 0 Å². The molecule has 1 N–H and O–H groups in total. The number of hydrogen-bond donors (Lipinski definition) is 1. The Kier molecular flexibility index (Phi) is 7.66. The van der Waals surface area contributed by atoms with Crippen molar-refractivity contribution < 1.29 is 14.3 Å². The lowest BCUT2D eigenvalue weighted by Gasteiger charge is -2.15. The number of hydrogen-bond acceptors (Lipinski definition) is 3. The van der Waals surface area contributed by atoms with Gasteiger partial charge in [0.2, 0.25) is 11.8 Å². The Balaban J connectivity index is 1.53. The second kappa shape index (κ2) is 9.74. The Morgan fingerprint density at radius 3 is 2.88 bits per heavy atom. The van der Waals surface area contributed by atoms with Gasteiger partial charge >= 0.3 is 0 Å². The van der Waals surface area contributed by atoms with E-state index >= 15 is 0 Å². The van der Waals surface area contributed by atoms with Gasteiger partial charge in [0, 0.05) is 32.5 Å². The molecule has 1 fully saturated rings. The van der Waals surface area contributed by atoms with Crippen molar-refractivity contribution in [2.75, 3.05) is 26.2 Å². The van der Waals surface area contributed by atoms with Crippen LogP contribution in [-0.4, -0.2) is 43.0 Å². The minimum atomic E-state index is -0.0106. The van der Waals surface area contributed by atoms with E-state index in [1.807, 2.05) is 4.90 Å². The molecule has 1 aromatic carbocycles. The average molecular weight is 373 g/mol. The third kappa shape index (κ3) is 5.87. The molecule has 5 nitrogen and oxygen atoms in total. The average Bonchev–Trinajstić information content (AvgIpc) is 2.97. The highest BCUT2D eigenvalue weighted by molar-refractivity contribution is 6.42. The number of rotatable bonds is 9. The molecule has 0 aromatic heterocycles. The van der Waals surface area contributed by atoms with E-state index in [0.29, 0.717) is 48.2 Å². The number of amides is 2. The van der Waals surface area contributed by atoms with Crippen molar-refractivity contribution in [2.45, 2.75) is 32.1 Å². The number of carbonyl (C=O) groups excluding carboxylic acids is 2. The molecular weight excluding hydrogens is 351 g/mol. The van der Waals surface area contributed by atoms with Crippen LogP contribution in [0.1, 0.15) is 32.1 Å². The summed E-state index contributed by atoms with van der Waals surface area (Å²) in [7, 11) is 0. The van der Waals surface area contributed by atoms with E-state index in [0.717, 1.165) is 25.9 Å². The Labute approximate surface area is 152 Å². The van der Waals surface area contributed by atoms with Gasteiger partial charge in [0.15, 0.2) is 0 Å². The highest BCUT2D eigenvalue weighted by atomic mass is 35.5. The van der Waals surface area contributed by atoms with Gasteiger partial charge in [-0.25, -0.2) is 0 Å². The normalized spacial score (nSPS) is 14.1. The molecule has 0 aliphatic carbocycles. The fourth-order valence-electron chi connectivity index (χ4n) is 2.54. The first-order chi connectivity index (χ1) is 11.6. The molecule has 0 spiro atoms. The van der Waals surface area contributed by atoms with E-state index in [-0.39, 0.29) is 11.8 Å². The number of benzene rings is 1. The second-order valence-electron chi connectivity index (χ2n) is 5.69. The third-order valence-electron chi connectivity index (χ3n) is 3.82. The monoisotopic (exact) mass is 372 g/mol. The summed E-state index contributed by atoms with van der Waals surface area (Å²) in [6.07, 6.45) is 3.37. The maximum Gasteiger partial charge on any atom is 0.222 e. The van der Waals surface area contributed by atoms with Gasteiger partial charge in [-0.05, 0) is 31.4 Å². The summed E-state index contributed by atoms with van der Waals surface area (Å²) in [6.45, 7) is 2.55. The Morgan fingerprint density at radius 1 is 1.29 bits per heavy atom. The van der Waals surface area contributed by atoms with Gasteiger partial charge in [-0.1, -0.05) is 29.3 Å². The number of likely N-dealkylation sites (tertiary alicyclic amines) is 1. The van der Waals surface area contributed by atoms with Crippen LogP contribution in [0.15, 0.2) is 18.2 Å². The minimum Gasteiger partial charge on any atom is -0.492 e. The van der Waals surface area contributed by atoms with Gasteiger partial charge in [0.05, 0.1) is 11.6 Å². The van der Waals surface area contributed by atoms with Crippen molar-refractivity contribution in [1.29, 1.82) is 0 Å². The first kappa shape index (κ1) is 18.9. The molecule has 1 heterocycles. The zero-order valence-electron chi connectivity index (χ0n) is 13.5. The van der Waals surface area contributed by atoms with Crippen molar-refractivity contribution in [2.24, 2.45) is 0 Å². The van der Waals surface area contributed by atoms with Crippen LogP contribution in [-0.2, 0) is 9.59 Å². The lowest BCUT2D eigenvalue weighted by Crippen LogP contribution is -2.30. The van der Waals surface area contributed by atoms with E-state index in [2.05, 4.69) is 5.32 Å².